The van der Waals surface area contributed by atoms with E-state index < -0.39 is 0 Å². The van der Waals surface area contributed by atoms with E-state index in [2.05, 4.69) is 13.0 Å². The molecule has 0 heterocycles. The van der Waals surface area contributed by atoms with Gasteiger partial charge in [-0.2, -0.15) is 5.26 Å². The first-order valence-corrected chi connectivity index (χ1v) is 6.33. The fraction of sp³-hybridized carbons (Fsp3) is 0.846. The van der Waals surface area contributed by atoms with Crippen LogP contribution in [0, 0.1) is 29.1 Å². The van der Waals surface area contributed by atoms with Crippen molar-refractivity contribution in [1.29, 1.82) is 5.26 Å². The fourth-order valence-corrected chi connectivity index (χ4v) is 3.07. The smallest absolute Gasteiger partial charge is 0.306 e. The minimum Gasteiger partial charge on any atom is -0.462 e. The van der Waals surface area contributed by atoms with E-state index in [4.69, 9.17) is 10.00 Å². The molecular formula is C13H19NO2. The van der Waals surface area contributed by atoms with Gasteiger partial charge in [0.15, 0.2) is 0 Å². The van der Waals surface area contributed by atoms with E-state index in [1.54, 1.807) is 0 Å². The van der Waals surface area contributed by atoms with Crippen LogP contribution in [0.5, 0.6) is 0 Å². The van der Waals surface area contributed by atoms with Gasteiger partial charge in [-0.05, 0) is 37.5 Å². The van der Waals surface area contributed by atoms with Crippen molar-refractivity contribution in [2.24, 2.45) is 17.8 Å². The van der Waals surface area contributed by atoms with Gasteiger partial charge in [0.2, 0.25) is 0 Å². The maximum Gasteiger partial charge on any atom is 0.306 e. The lowest BCUT2D eigenvalue weighted by Crippen LogP contribution is -2.26. The summed E-state index contributed by atoms with van der Waals surface area (Å²) in [6, 6.07) is 2.36. The Morgan fingerprint density at radius 1 is 1.38 bits per heavy atom. The normalized spacial score (nSPS) is 36.0. The maximum atomic E-state index is 11.5. The largest absolute Gasteiger partial charge is 0.462 e. The summed E-state index contributed by atoms with van der Waals surface area (Å²) in [5.41, 5.74) is 0. The van der Waals surface area contributed by atoms with E-state index >= 15 is 0 Å². The monoisotopic (exact) mass is 221 g/mol. The Morgan fingerprint density at radius 2 is 2.19 bits per heavy atom. The van der Waals surface area contributed by atoms with Crippen LogP contribution in [0.2, 0.25) is 0 Å². The van der Waals surface area contributed by atoms with Crippen LogP contribution in [0.3, 0.4) is 0 Å². The van der Waals surface area contributed by atoms with Crippen molar-refractivity contribution in [1.82, 2.24) is 0 Å². The molecule has 0 aromatic rings. The zero-order valence-corrected chi connectivity index (χ0v) is 9.82. The van der Waals surface area contributed by atoms with Crippen molar-refractivity contribution < 1.29 is 9.53 Å². The quantitative estimate of drug-likeness (QED) is 0.686. The standard InChI is InChI=1S/C13H19NO2/c1-2-3-4-13(15)16-12-7-9-5-10(12)6-11(9)8-14/h9-12H,2-7H2,1H3. The zero-order chi connectivity index (χ0) is 11.5. The Morgan fingerprint density at radius 3 is 2.75 bits per heavy atom. The number of hydrogen-bond donors (Lipinski definition) is 0. The Labute approximate surface area is 96.8 Å². The van der Waals surface area contributed by atoms with Gasteiger partial charge in [0.25, 0.3) is 0 Å². The van der Waals surface area contributed by atoms with E-state index in [0.29, 0.717) is 18.3 Å². The minimum absolute atomic E-state index is 0.0482. The van der Waals surface area contributed by atoms with Gasteiger partial charge in [0.05, 0.1) is 6.07 Å². The lowest BCUT2D eigenvalue weighted by Gasteiger charge is -2.24. The molecule has 88 valence electrons. The molecule has 0 radical (unpaired) electrons. The second kappa shape index (κ2) is 4.86. The molecular weight excluding hydrogens is 202 g/mol. The van der Waals surface area contributed by atoms with Crippen LogP contribution in [-0.2, 0) is 9.53 Å². The third-order valence-electron chi connectivity index (χ3n) is 3.98. The Hall–Kier alpha value is -1.04. The van der Waals surface area contributed by atoms with E-state index in [9.17, 15) is 4.79 Å². The lowest BCUT2D eigenvalue weighted by atomic mass is 9.88. The molecule has 2 rings (SSSR count). The Kier molecular flexibility index (Phi) is 3.48. The second-order valence-electron chi connectivity index (χ2n) is 5.09. The molecule has 0 aromatic heterocycles. The molecule has 0 saturated heterocycles. The molecule has 2 aliphatic rings. The molecule has 4 unspecified atom stereocenters. The Bertz CT molecular complexity index is 308. The van der Waals surface area contributed by atoms with Gasteiger partial charge < -0.3 is 4.74 Å². The molecule has 2 saturated carbocycles. The predicted molar refractivity (Wildman–Crippen MR) is 59.3 cm³/mol. The summed E-state index contributed by atoms with van der Waals surface area (Å²) in [4.78, 5) is 11.5. The van der Waals surface area contributed by atoms with Crippen LogP contribution in [0.25, 0.3) is 0 Å². The highest BCUT2D eigenvalue weighted by Crippen LogP contribution is 2.49. The molecule has 0 spiro atoms. The fourth-order valence-electron chi connectivity index (χ4n) is 3.07. The molecule has 0 aliphatic heterocycles. The molecule has 0 amide bonds. The third-order valence-corrected chi connectivity index (χ3v) is 3.98. The summed E-state index contributed by atoms with van der Waals surface area (Å²) in [5, 5.41) is 8.91. The van der Waals surface area contributed by atoms with Crippen LogP contribution < -0.4 is 0 Å². The van der Waals surface area contributed by atoms with E-state index in [-0.39, 0.29) is 18.0 Å². The van der Waals surface area contributed by atoms with E-state index in [1.807, 2.05) is 0 Å². The van der Waals surface area contributed by atoms with Gasteiger partial charge in [0.1, 0.15) is 6.10 Å². The van der Waals surface area contributed by atoms with Crippen molar-refractivity contribution >= 4 is 5.97 Å². The van der Waals surface area contributed by atoms with Crippen LogP contribution >= 0.6 is 0 Å². The number of nitrogens with zero attached hydrogens (tertiary/aromatic N) is 1. The molecule has 2 fully saturated rings. The summed E-state index contributed by atoms with van der Waals surface area (Å²) in [6.07, 6.45) is 5.55. The van der Waals surface area contributed by atoms with Gasteiger partial charge in [-0.1, -0.05) is 13.3 Å². The molecule has 16 heavy (non-hydrogen) atoms. The number of hydrogen-bond acceptors (Lipinski definition) is 3. The first kappa shape index (κ1) is 11.4. The molecule has 3 heteroatoms. The highest BCUT2D eigenvalue weighted by Gasteiger charge is 2.47. The van der Waals surface area contributed by atoms with Crippen LogP contribution in [-0.4, -0.2) is 12.1 Å². The van der Waals surface area contributed by atoms with Gasteiger partial charge in [-0.3, -0.25) is 4.79 Å². The average molecular weight is 221 g/mol. The highest BCUT2D eigenvalue weighted by molar-refractivity contribution is 5.69. The van der Waals surface area contributed by atoms with Gasteiger partial charge >= 0.3 is 5.97 Å². The number of fused-ring (bicyclic) bond motifs is 2. The second-order valence-corrected chi connectivity index (χ2v) is 5.09. The summed E-state index contributed by atoms with van der Waals surface area (Å²) >= 11 is 0. The maximum absolute atomic E-state index is 11.5. The Balaban J connectivity index is 1.78. The number of ether oxygens (including phenoxy) is 1. The molecule has 2 aliphatic carbocycles. The van der Waals surface area contributed by atoms with Gasteiger partial charge in [-0.15, -0.1) is 0 Å². The zero-order valence-electron chi connectivity index (χ0n) is 9.82. The van der Waals surface area contributed by atoms with E-state index in [1.165, 1.54) is 0 Å². The predicted octanol–water partition coefficient (Wildman–Crippen LogP) is 2.66. The van der Waals surface area contributed by atoms with Gasteiger partial charge in [0, 0.05) is 12.3 Å². The minimum atomic E-state index is -0.0482. The van der Waals surface area contributed by atoms with Crippen molar-refractivity contribution in [3.8, 4) is 6.07 Å². The van der Waals surface area contributed by atoms with Crippen LogP contribution in [0.15, 0.2) is 0 Å². The lowest BCUT2D eigenvalue weighted by molar-refractivity contribution is -0.151. The van der Waals surface area contributed by atoms with Gasteiger partial charge in [-0.25, -0.2) is 0 Å². The molecule has 3 nitrogen and oxygen atoms in total. The van der Waals surface area contributed by atoms with Crippen molar-refractivity contribution in [2.45, 2.75) is 51.6 Å². The number of unbranched alkanes of at least 4 members (excludes halogenated alkanes) is 1. The summed E-state index contributed by atoms with van der Waals surface area (Å²) in [7, 11) is 0. The number of nitriles is 1. The highest BCUT2D eigenvalue weighted by atomic mass is 16.5. The van der Waals surface area contributed by atoms with Crippen LogP contribution in [0.4, 0.5) is 0 Å². The van der Waals surface area contributed by atoms with Crippen LogP contribution in [0.1, 0.15) is 45.4 Å². The molecule has 2 bridgehead atoms. The first-order valence-electron chi connectivity index (χ1n) is 6.33. The summed E-state index contributed by atoms with van der Waals surface area (Å²) < 4.78 is 5.49. The number of carbonyl (C=O) groups is 1. The SMILES string of the molecule is CCCCC(=O)OC1CC2CC1CC2C#N. The first-order chi connectivity index (χ1) is 7.74. The average Bonchev–Trinajstić information content (AvgIpc) is 2.85. The molecule has 4 atom stereocenters. The topological polar surface area (TPSA) is 50.1 Å². The molecule has 0 N–H and O–H groups in total. The van der Waals surface area contributed by atoms with E-state index in [0.717, 1.165) is 32.1 Å². The molecule has 0 aromatic carbocycles. The van der Waals surface area contributed by atoms with Crippen molar-refractivity contribution in [2.75, 3.05) is 0 Å². The third kappa shape index (κ3) is 2.21. The number of esters is 1. The number of carbonyl (C=O) groups excluding carboxylic acids is 1. The summed E-state index contributed by atoms with van der Waals surface area (Å²) in [5.74, 6) is 1.11. The number of rotatable bonds is 4. The van der Waals surface area contributed by atoms with Crippen molar-refractivity contribution in [3.63, 3.8) is 0 Å². The van der Waals surface area contributed by atoms with Crippen molar-refractivity contribution in [3.05, 3.63) is 0 Å². The summed E-state index contributed by atoms with van der Waals surface area (Å²) in [6.45, 7) is 2.07.